The fourth-order valence-electron chi connectivity index (χ4n) is 3.65. The van der Waals surface area contributed by atoms with Gasteiger partial charge in [-0.1, -0.05) is 18.2 Å². The molecule has 0 saturated carbocycles. The van der Waals surface area contributed by atoms with Gasteiger partial charge in [-0.05, 0) is 44.4 Å². The zero-order valence-electron chi connectivity index (χ0n) is 13.9. The van der Waals surface area contributed by atoms with Crippen molar-refractivity contribution in [2.45, 2.75) is 44.2 Å². The highest BCUT2D eigenvalue weighted by Gasteiger charge is 2.37. The second-order valence-corrected chi connectivity index (χ2v) is 6.40. The normalized spacial score (nSPS) is 22.4. The summed E-state index contributed by atoms with van der Waals surface area (Å²) in [6.45, 7) is 2.48. The number of hydrogen-bond acceptors (Lipinski definition) is 3. The van der Waals surface area contributed by atoms with E-state index in [2.05, 4.69) is 15.5 Å². The van der Waals surface area contributed by atoms with Crippen molar-refractivity contribution in [3.63, 3.8) is 0 Å². The molecule has 2 N–H and O–H groups in total. The van der Waals surface area contributed by atoms with Gasteiger partial charge in [0.2, 0.25) is 5.91 Å². The zero-order chi connectivity index (χ0) is 16.1. The maximum atomic E-state index is 12.5. The molecule has 2 saturated heterocycles. The largest absolute Gasteiger partial charge is 0.352 e. The van der Waals surface area contributed by atoms with E-state index in [0.717, 1.165) is 32.4 Å². The van der Waals surface area contributed by atoms with Crippen LogP contribution in [0.5, 0.6) is 0 Å². The molecule has 1 aromatic rings. The van der Waals surface area contributed by atoms with Gasteiger partial charge in [0.1, 0.15) is 0 Å². The van der Waals surface area contributed by atoms with Gasteiger partial charge in [0.25, 0.3) is 5.91 Å². The summed E-state index contributed by atoms with van der Waals surface area (Å²) < 4.78 is 0. The van der Waals surface area contributed by atoms with Crippen molar-refractivity contribution in [1.82, 2.24) is 15.5 Å². The molecule has 0 spiro atoms. The van der Waals surface area contributed by atoms with Gasteiger partial charge in [-0.25, -0.2) is 0 Å². The average molecular weight is 352 g/mol. The molecule has 1 aromatic carbocycles. The van der Waals surface area contributed by atoms with Crippen LogP contribution in [-0.4, -0.2) is 48.4 Å². The first-order valence-corrected chi connectivity index (χ1v) is 8.61. The third-order valence-corrected chi connectivity index (χ3v) is 4.83. The number of fused-ring (bicyclic) bond motifs is 2. The van der Waals surface area contributed by atoms with Gasteiger partial charge in [-0.3, -0.25) is 9.59 Å². The summed E-state index contributed by atoms with van der Waals surface area (Å²) in [5.74, 6) is 0.173. The third kappa shape index (κ3) is 4.48. The molecule has 2 aliphatic heterocycles. The van der Waals surface area contributed by atoms with Crippen LogP contribution < -0.4 is 10.6 Å². The lowest BCUT2D eigenvalue weighted by Gasteiger charge is -2.28. The Kier molecular flexibility index (Phi) is 7.06. The van der Waals surface area contributed by atoms with Gasteiger partial charge in [-0.2, -0.15) is 0 Å². The topological polar surface area (TPSA) is 61.4 Å². The number of carbonyl (C=O) groups is 2. The van der Waals surface area contributed by atoms with Gasteiger partial charge < -0.3 is 15.5 Å². The van der Waals surface area contributed by atoms with Crippen LogP contribution in [0.3, 0.4) is 0 Å². The highest BCUT2D eigenvalue weighted by atomic mass is 35.5. The maximum Gasteiger partial charge on any atom is 0.251 e. The third-order valence-electron chi connectivity index (χ3n) is 4.83. The molecule has 0 radical (unpaired) electrons. The lowest BCUT2D eigenvalue weighted by Crippen LogP contribution is -2.42. The lowest BCUT2D eigenvalue weighted by molar-refractivity contribution is -0.133. The molecule has 3 rings (SSSR count). The van der Waals surface area contributed by atoms with Crippen molar-refractivity contribution in [2.75, 3.05) is 19.6 Å². The monoisotopic (exact) mass is 351 g/mol. The molecule has 2 heterocycles. The number of carbonyl (C=O) groups excluding carboxylic acids is 2. The number of rotatable bonds is 5. The van der Waals surface area contributed by atoms with Crippen LogP contribution in [0.25, 0.3) is 0 Å². The number of hydrogen-bond donors (Lipinski definition) is 2. The molecule has 2 bridgehead atoms. The Morgan fingerprint density at radius 3 is 2.67 bits per heavy atom. The van der Waals surface area contributed by atoms with E-state index in [9.17, 15) is 9.59 Å². The lowest BCUT2D eigenvalue weighted by atomic mass is 10.1. The number of amides is 2. The number of nitrogens with zero attached hydrogens (tertiary/aromatic N) is 1. The number of benzene rings is 1. The Morgan fingerprint density at radius 2 is 1.88 bits per heavy atom. The van der Waals surface area contributed by atoms with Crippen LogP contribution in [-0.2, 0) is 4.79 Å². The quantitative estimate of drug-likeness (QED) is 0.797. The van der Waals surface area contributed by atoms with Crippen molar-refractivity contribution in [3.05, 3.63) is 35.9 Å². The molecular formula is C18H26ClN3O2. The second-order valence-electron chi connectivity index (χ2n) is 6.40. The van der Waals surface area contributed by atoms with Gasteiger partial charge in [-0.15, -0.1) is 12.4 Å². The SMILES string of the molecule is Cl.O=C(NCCCC(=O)N1C2CCNCC1CC2)c1ccccc1. The molecule has 2 amide bonds. The second kappa shape index (κ2) is 9.04. The molecular weight excluding hydrogens is 326 g/mol. The van der Waals surface area contributed by atoms with Crippen LogP contribution in [0.1, 0.15) is 42.5 Å². The Morgan fingerprint density at radius 1 is 1.12 bits per heavy atom. The van der Waals surface area contributed by atoms with E-state index < -0.39 is 0 Å². The maximum absolute atomic E-state index is 12.5. The van der Waals surface area contributed by atoms with Crippen LogP contribution in [0.15, 0.2) is 30.3 Å². The van der Waals surface area contributed by atoms with Crippen molar-refractivity contribution >= 4 is 24.2 Å². The van der Waals surface area contributed by atoms with Crippen molar-refractivity contribution in [1.29, 1.82) is 0 Å². The summed E-state index contributed by atoms with van der Waals surface area (Å²) in [5.41, 5.74) is 0.662. The Balaban J connectivity index is 0.00000208. The Hall–Kier alpha value is -1.59. The molecule has 0 aliphatic carbocycles. The van der Waals surface area contributed by atoms with Crippen molar-refractivity contribution < 1.29 is 9.59 Å². The summed E-state index contributed by atoms with van der Waals surface area (Å²) in [7, 11) is 0. The van der Waals surface area contributed by atoms with Crippen LogP contribution in [0.4, 0.5) is 0 Å². The average Bonchev–Trinajstić information content (AvgIpc) is 2.85. The number of nitrogens with one attached hydrogen (secondary N) is 2. The standard InChI is InChI=1S/C18H25N3O2.ClH/c22-17(21-15-8-9-16(21)13-19-12-10-15)7-4-11-20-18(23)14-5-2-1-3-6-14;/h1-3,5-6,15-16,19H,4,7-13H2,(H,20,23);1H. The van der Waals surface area contributed by atoms with Crippen LogP contribution >= 0.6 is 12.4 Å². The van der Waals surface area contributed by atoms with Gasteiger partial charge in [0.05, 0.1) is 0 Å². The smallest absolute Gasteiger partial charge is 0.251 e. The Bertz CT molecular complexity index is 538. The Labute approximate surface area is 149 Å². The van der Waals surface area contributed by atoms with E-state index in [0.29, 0.717) is 37.0 Å². The fourth-order valence-corrected chi connectivity index (χ4v) is 3.65. The minimum atomic E-state index is -0.0721. The van der Waals surface area contributed by atoms with E-state index in [1.807, 2.05) is 18.2 Å². The number of halogens is 1. The highest BCUT2D eigenvalue weighted by molar-refractivity contribution is 5.94. The molecule has 2 aliphatic rings. The van der Waals surface area contributed by atoms with Gasteiger partial charge in [0.15, 0.2) is 0 Å². The minimum absolute atomic E-state index is 0. The van der Waals surface area contributed by atoms with E-state index in [-0.39, 0.29) is 24.2 Å². The highest BCUT2D eigenvalue weighted by Crippen LogP contribution is 2.28. The van der Waals surface area contributed by atoms with Gasteiger partial charge >= 0.3 is 0 Å². The molecule has 2 fully saturated rings. The van der Waals surface area contributed by atoms with E-state index in [4.69, 9.17) is 0 Å². The van der Waals surface area contributed by atoms with Crippen LogP contribution in [0, 0.1) is 0 Å². The molecule has 132 valence electrons. The molecule has 6 heteroatoms. The summed E-state index contributed by atoms with van der Waals surface area (Å²) in [6.07, 6.45) is 4.53. The van der Waals surface area contributed by atoms with E-state index in [1.165, 1.54) is 0 Å². The molecule has 2 atom stereocenters. The summed E-state index contributed by atoms with van der Waals surface area (Å²) in [4.78, 5) is 26.6. The molecule has 2 unspecified atom stereocenters. The van der Waals surface area contributed by atoms with Crippen LogP contribution in [0.2, 0.25) is 0 Å². The first-order chi connectivity index (χ1) is 11.3. The first kappa shape index (κ1) is 18.7. The molecule has 0 aromatic heterocycles. The predicted molar refractivity (Wildman–Crippen MR) is 96.4 cm³/mol. The summed E-state index contributed by atoms with van der Waals surface area (Å²) in [5, 5.41) is 6.30. The molecule has 5 nitrogen and oxygen atoms in total. The predicted octanol–water partition coefficient (Wildman–Crippen LogP) is 1.97. The van der Waals surface area contributed by atoms with E-state index >= 15 is 0 Å². The summed E-state index contributed by atoms with van der Waals surface area (Å²) >= 11 is 0. The molecule has 24 heavy (non-hydrogen) atoms. The van der Waals surface area contributed by atoms with Crippen molar-refractivity contribution in [3.8, 4) is 0 Å². The van der Waals surface area contributed by atoms with Gasteiger partial charge in [0, 0.05) is 37.2 Å². The first-order valence-electron chi connectivity index (χ1n) is 8.61. The minimum Gasteiger partial charge on any atom is -0.352 e. The summed E-state index contributed by atoms with van der Waals surface area (Å²) in [6, 6.07) is 9.96. The van der Waals surface area contributed by atoms with E-state index in [1.54, 1.807) is 12.1 Å². The zero-order valence-corrected chi connectivity index (χ0v) is 14.7. The van der Waals surface area contributed by atoms with Crippen molar-refractivity contribution in [2.24, 2.45) is 0 Å². The fraction of sp³-hybridized carbons (Fsp3) is 0.556.